The largest absolute Gasteiger partial charge is 0.454 e. The maximum atomic E-state index is 5.48. The van der Waals surface area contributed by atoms with Gasteiger partial charge in [-0.3, -0.25) is 4.90 Å². The van der Waals surface area contributed by atoms with E-state index in [2.05, 4.69) is 38.0 Å². The average Bonchev–Trinajstić information content (AvgIpc) is 3.09. The lowest BCUT2D eigenvalue weighted by molar-refractivity contribution is 0.174. The quantitative estimate of drug-likeness (QED) is 0.843. The van der Waals surface area contributed by atoms with E-state index in [9.17, 15) is 0 Å². The fourth-order valence-corrected chi connectivity index (χ4v) is 3.89. The number of hydrogen-bond acceptors (Lipinski definition) is 6. The Morgan fingerprint density at radius 1 is 0.962 bits per heavy atom. The minimum atomic E-state index is 0.333. The van der Waals surface area contributed by atoms with Crippen LogP contribution in [0.15, 0.2) is 30.6 Å². The van der Waals surface area contributed by atoms with Crippen LogP contribution < -0.4 is 14.4 Å². The Labute approximate surface area is 153 Å². The minimum Gasteiger partial charge on any atom is -0.454 e. The summed E-state index contributed by atoms with van der Waals surface area (Å²) < 4.78 is 10.9. The summed E-state index contributed by atoms with van der Waals surface area (Å²) in [6.07, 6.45) is 5.63. The number of aromatic nitrogens is 2. The van der Waals surface area contributed by atoms with Gasteiger partial charge in [0.15, 0.2) is 11.5 Å². The van der Waals surface area contributed by atoms with E-state index in [4.69, 9.17) is 9.47 Å². The summed E-state index contributed by atoms with van der Waals surface area (Å²) in [6.45, 7) is 5.37. The summed E-state index contributed by atoms with van der Waals surface area (Å²) in [5.74, 6) is 3.46. The minimum absolute atomic E-state index is 0.333. The van der Waals surface area contributed by atoms with Crippen LogP contribution in [0.5, 0.6) is 11.5 Å². The molecule has 6 heteroatoms. The molecule has 3 heterocycles. The topological polar surface area (TPSA) is 50.7 Å². The molecule has 1 aliphatic carbocycles. The smallest absolute Gasteiger partial charge is 0.231 e. The predicted octanol–water partition coefficient (Wildman–Crippen LogP) is 2.80. The normalized spacial score (nSPS) is 20.2. The van der Waals surface area contributed by atoms with E-state index in [1.807, 2.05) is 6.07 Å². The number of rotatable bonds is 4. The van der Waals surface area contributed by atoms with E-state index >= 15 is 0 Å². The maximum Gasteiger partial charge on any atom is 0.231 e. The maximum absolute atomic E-state index is 5.48. The van der Waals surface area contributed by atoms with Crippen molar-refractivity contribution >= 4 is 5.82 Å². The summed E-state index contributed by atoms with van der Waals surface area (Å²) in [7, 11) is 0. The number of benzene rings is 1. The summed E-state index contributed by atoms with van der Waals surface area (Å²) in [4.78, 5) is 13.9. The SMILES string of the molecule is c1nc(C2CCC2)cc(N2CCN(Cc3ccc4c(c3)OCO4)CC2)n1. The summed E-state index contributed by atoms with van der Waals surface area (Å²) >= 11 is 0. The number of hydrogen-bond donors (Lipinski definition) is 0. The van der Waals surface area contributed by atoms with Gasteiger partial charge in [0.05, 0.1) is 0 Å². The van der Waals surface area contributed by atoms with Crippen molar-refractivity contribution in [2.75, 3.05) is 37.9 Å². The van der Waals surface area contributed by atoms with Crippen molar-refractivity contribution in [1.29, 1.82) is 0 Å². The Morgan fingerprint density at radius 3 is 2.62 bits per heavy atom. The van der Waals surface area contributed by atoms with Crippen LogP contribution in [0.3, 0.4) is 0 Å². The fourth-order valence-electron chi connectivity index (χ4n) is 3.89. The highest BCUT2D eigenvalue weighted by Crippen LogP contribution is 2.36. The second-order valence-corrected chi connectivity index (χ2v) is 7.38. The number of piperazine rings is 1. The monoisotopic (exact) mass is 352 g/mol. The second kappa shape index (κ2) is 6.76. The van der Waals surface area contributed by atoms with Gasteiger partial charge in [0.25, 0.3) is 0 Å². The van der Waals surface area contributed by atoms with Gasteiger partial charge in [-0.05, 0) is 30.5 Å². The van der Waals surface area contributed by atoms with Gasteiger partial charge >= 0.3 is 0 Å². The van der Waals surface area contributed by atoms with E-state index < -0.39 is 0 Å². The van der Waals surface area contributed by atoms with Crippen LogP contribution in [0.1, 0.15) is 36.4 Å². The first-order valence-electron chi connectivity index (χ1n) is 9.53. The molecule has 0 amide bonds. The fraction of sp³-hybridized carbons (Fsp3) is 0.500. The third-order valence-corrected chi connectivity index (χ3v) is 5.74. The van der Waals surface area contributed by atoms with Gasteiger partial charge < -0.3 is 14.4 Å². The molecule has 1 saturated carbocycles. The Balaban J connectivity index is 1.20. The predicted molar refractivity (Wildman–Crippen MR) is 98.7 cm³/mol. The van der Waals surface area contributed by atoms with Crippen molar-refractivity contribution in [3.05, 3.63) is 41.9 Å². The molecule has 1 saturated heterocycles. The molecule has 2 aliphatic heterocycles. The van der Waals surface area contributed by atoms with Gasteiger partial charge in [0.1, 0.15) is 12.1 Å². The lowest BCUT2D eigenvalue weighted by Crippen LogP contribution is -2.46. The zero-order chi connectivity index (χ0) is 17.3. The van der Waals surface area contributed by atoms with E-state index in [-0.39, 0.29) is 0 Å². The zero-order valence-corrected chi connectivity index (χ0v) is 14.9. The van der Waals surface area contributed by atoms with Crippen molar-refractivity contribution in [3.8, 4) is 11.5 Å². The van der Waals surface area contributed by atoms with Gasteiger partial charge in [-0.1, -0.05) is 12.5 Å². The van der Waals surface area contributed by atoms with Crippen LogP contribution in [0.25, 0.3) is 0 Å². The molecule has 2 fully saturated rings. The Hall–Kier alpha value is -2.34. The van der Waals surface area contributed by atoms with E-state index in [1.54, 1.807) is 6.33 Å². The molecule has 6 nitrogen and oxygen atoms in total. The molecular formula is C20H24N4O2. The number of fused-ring (bicyclic) bond motifs is 1. The van der Waals surface area contributed by atoms with Gasteiger partial charge in [-0.25, -0.2) is 9.97 Å². The molecule has 0 N–H and O–H groups in total. The third kappa shape index (κ3) is 3.09. The molecule has 3 aliphatic rings. The van der Waals surface area contributed by atoms with Crippen molar-refractivity contribution in [2.45, 2.75) is 31.7 Å². The third-order valence-electron chi connectivity index (χ3n) is 5.74. The molecular weight excluding hydrogens is 328 g/mol. The van der Waals surface area contributed by atoms with Crippen LogP contribution in [-0.4, -0.2) is 47.8 Å². The first kappa shape index (κ1) is 15.9. The summed E-state index contributed by atoms with van der Waals surface area (Å²) in [6, 6.07) is 8.45. The van der Waals surface area contributed by atoms with Gasteiger partial charge in [-0.2, -0.15) is 0 Å². The Morgan fingerprint density at radius 2 is 1.81 bits per heavy atom. The van der Waals surface area contributed by atoms with E-state index in [0.717, 1.165) is 50.0 Å². The Kier molecular flexibility index (Phi) is 4.13. The molecule has 0 atom stereocenters. The molecule has 26 heavy (non-hydrogen) atoms. The van der Waals surface area contributed by atoms with Crippen molar-refractivity contribution in [1.82, 2.24) is 14.9 Å². The van der Waals surface area contributed by atoms with Crippen LogP contribution in [0, 0.1) is 0 Å². The lowest BCUT2D eigenvalue weighted by atomic mass is 9.83. The first-order valence-corrected chi connectivity index (χ1v) is 9.53. The average molecular weight is 352 g/mol. The highest BCUT2D eigenvalue weighted by Gasteiger charge is 2.24. The standard InChI is InChI=1S/C20H24N4O2/c1-2-16(3-1)17-11-20(22-13-21-17)24-8-6-23(7-9-24)12-15-4-5-18-19(10-15)26-14-25-18/h4-5,10-11,13,16H,1-3,6-9,12,14H2. The molecule has 0 spiro atoms. The molecule has 0 bridgehead atoms. The van der Waals surface area contributed by atoms with Crippen molar-refractivity contribution < 1.29 is 9.47 Å². The molecule has 0 unspecified atom stereocenters. The van der Waals surface area contributed by atoms with Crippen LogP contribution in [0.4, 0.5) is 5.82 Å². The van der Waals surface area contributed by atoms with Crippen molar-refractivity contribution in [2.24, 2.45) is 0 Å². The Bertz CT molecular complexity index is 785. The molecule has 2 aromatic rings. The second-order valence-electron chi connectivity index (χ2n) is 7.38. The number of ether oxygens (including phenoxy) is 2. The van der Waals surface area contributed by atoms with Crippen LogP contribution >= 0.6 is 0 Å². The zero-order valence-electron chi connectivity index (χ0n) is 14.9. The molecule has 0 radical (unpaired) electrons. The van der Waals surface area contributed by atoms with Gasteiger partial charge in [0, 0.05) is 50.4 Å². The molecule has 5 rings (SSSR count). The number of nitrogens with zero attached hydrogens (tertiary/aromatic N) is 4. The van der Waals surface area contributed by atoms with Gasteiger partial charge in [0.2, 0.25) is 6.79 Å². The van der Waals surface area contributed by atoms with E-state index in [1.165, 1.54) is 30.5 Å². The van der Waals surface area contributed by atoms with E-state index in [0.29, 0.717) is 12.7 Å². The van der Waals surface area contributed by atoms with Crippen LogP contribution in [-0.2, 0) is 6.54 Å². The molecule has 1 aromatic heterocycles. The lowest BCUT2D eigenvalue weighted by Gasteiger charge is -2.35. The first-order chi connectivity index (χ1) is 12.8. The molecule has 136 valence electrons. The summed E-state index contributed by atoms with van der Waals surface area (Å²) in [5, 5.41) is 0. The van der Waals surface area contributed by atoms with Crippen LogP contribution in [0.2, 0.25) is 0 Å². The summed E-state index contributed by atoms with van der Waals surface area (Å²) in [5.41, 5.74) is 2.50. The van der Waals surface area contributed by atoms with Gasteiger partial charge in [-0.15, -0.1) is 0 Å². The molecule has 1 aromatic carbocycles. The highest BCUT2D eigenvalue weighted by atomic mass is 16.7. The number of anilines is 1. The highest BCUT2D eigenvalue weighted by molar-refractivity contribution is 5.44. The van der Waals surface area contributed by atoms with Crippen molar-refractivity contribution in [3.63, 3.8) is 0 Å².